The number of hydrogen-bond acceptors (Lipinski definition) is 4. The Hall–Kier alpha value is -2.08. The fraction of sp³-hybridized carbons (Fsp3) is 0.385. The number of carboxylic acid groups (broad SMARTS) is 1. The molecule has 19 heavy (non-hydrogen) atoms. The van der Waals surface area contributed by atoms with Crippen LogP contribution in [0.2, 0.25) is 0 Å². The van der Waals surface area contributed by atoms with Gasteiger partial charge in [0, 0.05) is 0 Å². The molecule has 0 bridgehead atoms. The first-order valence-electron chi connectivity index (χ1n) is 5.69. The molecule has 104 valence electrons. The molecule has 1 aromatic rings. The van der Waals surface area contributed by atoms with Gasteiger partial charge in [-0.2, -0.15) is 0 Å². The van der Waals surface area contributed by atoms with E-state index in [1.165, 1.54) is 12.1 Å². The maximum Gasteiger partial charge on any atom is 0.337 e. The summed E-state index contributed by atoms with van der Waals surface area (Å²) in [4.78, 5) is 22.6. The third kappa shape index (κ3) is 4.97. The molecule has 6 heteroatoms. The molecule has 0 fully saturated rings. The second-order valence-electron chi connectivity index (χ2n) is 4.98. The van der Waals surface area contributed by atoms with E-state index in [0.717, 1.165) is 6.07 Å². The van der Waals surface area contributed by atoms with Crippen molar-refractivity contribution in [3.8, 4) is 5.75 Å². The lowest BCUT2D eigenvalue weighted by atomic mass is 10.1. The first kappa shape index (κ1) is 15.0. The van der Waals surface area contributed by atoms with Crippen molar-refractivity contribution in [2.24, 2.45) is 0 Å². The lowest BCUT2D eigenvalue weighted by Crippen LogP contribution is -2.27. The maximum atomic E-state index is 11.6. The average Bonchev–Trinajstić information content (AvgIpc) is 2.28. The molecule has 0 aliphatic heterocycles. The predicted octanol–water partition coefficient (Wildman–Crippen LogP) is 1.84. The van der Waals surface area contributed by atoms with Crippen LogP contribution >= 0.6 is 0 Å². The van der Waals surface area contributed by atoms with Gasteiger partial charge in [0.05, 0.1) is 16.9 Å². The zero-order valence-corrected chi connectivity index (χ0v) is 11.1. The SMILES string of the molecule is CC(C)(C)OCC(=O)Nc1ccc(O)cc1C(=O)O. The molecule has 0 heterocycles. The number of amides is 1. The molecule has 1 rings (SSSR count). The van der Waals surface area contributed by atoms with Crippen molar-refractivity contribution in [1.82, 2.24) is 0 Å². The highest BCUT2D eigenvalue weighted by molar-refractivity contribution is 6.01. The van der Waals surface area contributed by atoms with Crippen LogP contribution in [0.1, 0.15) is 31.1 Å². The summed E-state index contributed by atoms with van der Waals surface area (Å²) in [7, 11) is 0. The molecular weight excluding hydrogens is 250 g/mol. The van der Waals surface area contributed by atoms with E-state index in [9.17, 15) is 14.7 Å². The summed E-state index contributed by atoms with van der Waals surface area (Å²) in [6.07, 6.45) is 0. The molecule has 0 atom stereocenters. The summed E-state index contributed by atoms with van der Waals surface area (Å²) < 4.78 is 5.28. The third-order valence-electron chi connectivity index (χ3n) is 2.14. The number of ether oxygens (including phenoxy) is 1. The monoisotopic (exact) mass is 267 g/mol. The van der Waals surface area contributed by atoms with Crippen LogP contribution in [0, 0.1) is 0 Å². The number of aromatic carboxylic acids is 1. The van der Waals surface area contributed by atoms with Gasteiger partial charge in [-0.05, 0) is 39.0 Å². The van der Waals surface area contributed by atoms with Crippen LogP contribution in [0.25, 0.3) is 0 Å². The van der Waals surface area contributed by atoms with E-state index < -0.39 is 17.5 Å². The molecule has 0 radical (unpaired) electrons. The van der Waals surface area contributed by atoms with E-state index >= 15 is 0 Å². The number of benzene rings is 1. The van der Waals surface area contributed by atoms with Crippen molar-refractivity contribution < 1.29 is 24.5 Å². The van der Waals surface area contributed by atoms with Crippen LogP contribution in [0.15, 0.2) is 18.2 Å². The fourth-order valence-corrected chi connectivity index (χ4v) is 1.29. The van der Waals surface area contributed by atoms with E-state index in [0.29, 0.717) is 0 Å². The Morgan fingerprint density at radius 3 is 2.47 bits per heavy atom. The summed E-state index contributed by atoms with van der Waals surface area (Å²) in [5, 5.41) is 20.6. The smallest absolute Gasteiger partial charge is 0.337 e. The second-order valence-corrected chi connectivity index (χ2v) is 4.98. The van der Waals surface area contributed by atoms with Crippen LogP contribution in [-0.4, -0.2) is 34.3 Å². The summed E-state index contributed by atoms with van der Waals surface area (Å²) in [6.45, 7) is 5.25. The molecule has 3 N–H and O–H groups in total. The van der Waals surface area contributed by atoms with E-state index in [1.807, 2.05) is 20.8 Å². The Morgan fingerprint density at radius 2 is 1.95 bits per heavy atom. The first-order chi connectivity index (χ1) is 8.69. The lowest BCUT2D eigenvalue weighted by Gasteiger charge is -2.19. The first-order valence-corrected chi connectivity index (χ1v) is 5.69. The van der Waals surface area contributed by atoms with Crippen molar-refractivity contribution in [3.05, 3.63) is 23.8 Å². The Balaban J connectivity index is 2.77. The van der Waals surface area contributed by atoms with E-state index in [-0.39, 0.29) is 23.6 Å². The number of phenolic OH excluding ortho intramolecular Hbond substituents is 1. The largest absolute Gasteiger partial charge is 0.508 e. The molecular formula is C13H17NO5. The Kier molecular flexibility index (Phi) is 4.50. The van der Waals surface area contributed by atoms with Crippen LogP contribution in [0.4, 0.5) is 5.69 Å². The topological polar surface area (TPSA) is 95.9 Å². The second kappa shape index (κ2) is 5.71. The molecule has 0 saturated carbocycles. The van der Waals surface area contributed by atoms with Gasteiger partial charge in [-0.1, -0.05) is 0 Å². The summed E-state index contributed by atoms with van der Waals surface area (Å²) in [5.41, 5.74) is -0.515. The number of carbonyl (C=O) groups excluding carboxylic acids is 1. The molecule has 0 unspecified atom stereocenters. The molecule has 1 amide bonds. The van der Waals surface area contributed by atoms with Gasteiger partial charge in [0.25, 0.3) is 0 Å². The molecule has 0 aliphatic carbocycles. The molecule has 0 saturated heterocycles. The Bertz CT molecular complexity index is 490. The van der Waals surface area contributed by atoms with Crippen molar-refractivity contribution in [1.29, 1.82) is 0 Å². The van der Waals surface area contributed by atoms with Crippen molar-refractivity contribution >= 4 is 17.6 Å². The molecule has 6 nitrogen and oxygen atoms in total. The van der Waals surface area contributed by atoms with Gasteiger partial charge in [0.1, 0.15) is 12.4 Å². The molecule has 0 spiro atoms. The maximum absolute atomic E-state index is 11.6. The van der Waals surface area contributed by atoms with E-state index in [1.54, 1.807) is 0 Å². The van der Waals surface area contributed by atoms with Gasteiger partial charge in [-0.25, -0.2) is 4.79 Å². The fourth-order valence-electron chi connectivity index (χ4n) is 1.29. The van der Waals surface area contributed by atoms with Gasteiger partial charge < -0.3 is 20.3 Å². The van der Waals surface area contributed by atoms with E-state index in [4.69, 9.17) is 9.84 Å². The average molecular weight is 267 g/mol. The van der Waals surface area contributed by atoms with E-state index in [2.05, 4.69) is 5.32 Å². The lowest BCUT2D eigenvalue weighted by molar-refractivity contribution is -0.125. The highest BCUT2D eigenvalue weighted by Crippen LogP contribution is 2.21. The van der Waals surface area contributed by atoms with Crippen molar-refractivity contribution in [3.63, 3.8) is 0 Å². The van der Waals surface area contributed by atoms with Crippen molar-refractivity contribution in [2.75, 3.05) is 11.9 Å². The number of hydrogen-bond donors (Lipinski definition) is 3. The van der Waals surface area contributed by atoms with Gasteiger partial charge >= 0.3 is 5.97 Å². The minimum Gasteiger partial charge on any atom is -0.508 e. The van der Waals surface area contributed by atoms with Crippen LogP contribution < -0.4 is 5.32 Å². The van der Waals surface area contributed by atoms with Crippen molar-refractivity contribution in [2.45, 2.75) is 26.4 Å². The quantitative estimate of drug-likeness (QED) is 0.723. The van der Waals surface area contributed by atoms with Gasteiger partial charge in [-0.15, -0.1) is 0 Å². The Labute approximate surface area is 111 Å². The number of nitrogens with one attached hydrogen (secondary N) is 1. The highest BCUT2D eigenvalue weighted by Gasteiger charge is 2.16. The molecule has 0 aromatic heterocycles. The summed E-state index contributed by atoms with van der Waals surface area (Å²) in [6, 6.07) is 3.70. The molecule has 0 aliphatic rings. The van der Waals surface area contributed by atoms with Crippen LogP contribution in [-0.2, 0) is 9.53 Å². The minimum absolute atomic E-state index is 0.118. The Morgan fingerprint density at radius 1 is 1.32 bits per heavy atom. The molecule has 1 aromatic carbocycles. The normalized spacial score (nSPS) is 11.1. The third-order valence-corrected chi connectivity index (χ3v) is 2.14. The van der Waals surface area contributed by atoms with Crippen LogP contribution in [0.3, 0.4) is 0 Å². The number of carbonyl (C=O) groups is 2. The zero-order chi connectivity index (χ0) is 14.6. The van der Waals surface area contributed by atoms with Gasteiger partial charge in [0.15, 0.2) is 0 Å². The number of anilines is 1. The van der Waals surface area contributed by atoms with Crippen LogP contribution in [0.5, 0.6) is 5.75 Å². The summed E-state index contributed by atoms with van der Waals surface area (Å²) in [5.74, 6) is -1.87. The number of rotatable bonds is 4. The minimum atomic E-state index is -1.23. The number of phenols is 1. The highest BCUT2D eigenvalue weighted by atomic mass is 16.5. The van der Waals surface area contributed by atoms with Gasteiger partial charge in [0.2, 0.25) is 5.91 Å². The number of aromatic hydroxyl groups is 1. The predicted molar refractivity (Wildman–Crippen MR) is 69.4 cm³/mol. The standard InChI is InChI=1S/C13H17NO5/c1-13(2,3)19-7-11(16)14-10-5-4-8(15)6-9(10)12(17)18/h4-6,15H,7H2,1-3H3,(H,14,16)(H,17,18). The van der Waals surface area contributed by atoms with Gasteiger partial charge in [-0.3, -0.25) is 4.79 Å². The number of carboxylic acids is 1. The zero-order valence-electron chi connectivity index (χ0n) is 11.1. The summed E-state index contributed by atoms with van der Waals surface area (Å²) >= 11 is 0.